The van der Waals surface area contributed by atoms with Crippen molar-refractivity contribution >= 4 is 9.84 Å². The van der Waals surface area contributed by atoms with Gasteiger partial charge in [0.15, 0.2) is 0 Å². The molecule has 1 fully saturated rings. The van der Waals surface area contributed by atoms with Crippen molar-refractivity contribution in [2.24, 2.45) is 5.92 Å². The molecule has 1 saturated carbocycles. The summed E-state index contributed by atoms with van der Waals surface area (Å²) in [7, 11) is -2.99. The molecule has 0 heterocycles. The van der Waals surface area contributed by atoms with Crippen LogP contribution in [0.3, 0.4) is 0 Å². The van der Waals surface area contributed by atoms with Gasteiger partial charge in [-0.1, -0.05) is 24.6 Å². The van der Waals surface area contributed by atoms with Crippen LogP contribution >= 0.6 is 0 Å². The Kier molecular flexibility index (Phi) is 5.10. The van der Waals surface area contributed by atoms with Gasteiger partial charge in [0.2, 0.25) is 0 Å². The van der Waals surface area contributed by atoms with Gasteiger partial charge in [0, 0.05) is 6.26 Å². The summed E-state index contributed by atoms with van der Waals surface area (Å²) in [6, 6.07) is 6.26. The Morgan fingerprint density at radius 3 is 2.57 bits per heavy atom. The van der Waals surface area contributed by atoms with Crippen molar-refractivity contribution in [2.75, 3.05) is 6.26 Å². The fourth-order valence-electron chi connectivity index (χ4n) is 3.26. The van der Waals surface area contributed by atoms with E-state index in [-0.39, 0.29) is 11.2 Å². The Bertz CT molecular complexity index is 592. The van der Waals surface area contributed by atoms with Gasteiger partial charge in [-0.05, 0) is 62.1 Å². The molecule has 3 atom stereocenters. The first-order chi connectivity index (χ1) is 9.77. The number of benzene rings is 1. The van der Waals surface area contributed by atoms with Gasteiger partial charge in [-0.2, -0.15) is 0 Å². The van der Waals surface area contributed by atoms with E-state index >= 15 is 0 Å². The molecule has 1 aromatic rings. The summed E-state index contributed by atoms with van der Waals surface area (Å²) >= 11 is 0. The Morgan fingerprint density at radius 1 is 1.24 bits per heavy atom. The van der Waals surface area contributed by atoms with Crippen LogP contribution in [0.15, 0.2) is 18.2 Å². The normalized spacial score (nSPS) is 24.8. The SMILES string of the molecule is Cc1ccc(CC(O)C2CCCC(S(C)(=O)=O)C2)cc1C. The fourth-order valence-corrected chi connectivity index (χ4v) is 4.45. The van der Waals surface area contributed by atoms with Gasteiger partial charge >= 0.3 is 0 Å². The summed E-state index contributed by atoms with van der Waals surface area (Å²) in [6.07, 6.45) is 4.65. The van der Waals surface area contributed by atoms with Crippen molar-refractivity contribution in [1.29, 1.82) is 0 Å². The zero-order valence-electron chi connectivity index (χ0n) is 13.2. The summed E-state index contributed by atoms with van der Waals surface area (Å²) in [5, 5.41) is 10.2. The molecule has 0 aliphatic heterocycles. The van der Waals surface area contributed by atoms with Gasteiger partial charge in [0.05, 0.1) is 11.4 Å². The molecular formula is C17H26O3S. The summed E-state index contributed by atoms with van der Waals surface area (Å²) in [5.41, 5.74) is 3.62. The molecule has 0 aromatic heterocycles. The zero-order valence-corrected chi connectivity index (χ0v) is 14.0. The Labute approximate surface area is 128 Å². The number of hydrogen-bond acceptors (Lipinski definition) is 3. The van der Waals surface area contributed by atoms with Crippen LogP contribution in [0.5, 0.6) is 0 Å². The maximum atomic E-state index is 11.7. The summed E-state index contributed by atoms with van der Waals surface area (Å²) < 4.78 is 23.4. The van der Waals surface area contributed by atoms with Crippen molar-refractivity contribution in [3.05, 3.63) is 34.9 Å². The molecule has 1 aromatic carbocycles. The lowest BCUT2D eigenvalue weighted by molar-refractivity contribution is 0.0859. The van der Waals surface area contributed by atoms with E-state index in [1.807, 2.05) is 0 Å². The first-order valence-corrected chi connectivity index (χ1v) is 9.66. The van der Waals surface area contributed by atoms with Gasteiger partial charge in [-0.25, -0.2) is 8.42 Å². The second-order valence-electron chi connectivity index (χ2n) is 6.57. The highest BCUT2D eigenvalue weighted by Gasteiger charge is 2.32. The van der Waals surface area contributed by atoms with Crippen LogP contribution < -0.4 is 0 Å². The van der Waals surface area contributed by atoms with Gasteiger partial charge < -0.3 is 5.11 Å². The third-order valence-corrected chi connectivity index (χ3v) is 6.47. The standard InChI is InChI=1S/C17H26O3S/c1-12-7-8-14(9-13(12)2)10-17(18)15-5-4-6-16(11-15)21(3,19)20/h7-9,15-18H,4-6,10-11H2,1-3H3. The largest absolute Gasteiger partial charge is 0.392 e. The quantitative estimate of drug-likeness (QED) is 0.930. The van der Waals surface area contributed by atoms with Crippen LogP contribution in [0.25, 0.3) is 0 Å². The van der Waals surface area contributed by atoms with E-state index in [1.165, 1.54) is 17.4 Å². The number of rotatable bonds is 4. The third kappa shape index (κ3) is 4.30. The van der Waals surface area contributed by atoms with Crippen molar-refractivity contribution in [3.63, 3.8) is 0 Å². The summed E-state index contributed by atoms with van der Waals surface area (Å²) in [4.78, 5) is 0. The van der Waals surface area contributed by atoms with E-state index in [0.29, 0.717) is 12.8 Å². The molecule has 1 aliphatic carbocycles. The molecule has 118 valence electrons. The van der Waals surface area contributed by atoms with Crippen LogP contribution in [0.4, 0.5) is 0 Å². The minimum absolute atomic E-state index is 0.0973. The molecule has 0 saturated heterocycles. The van der Waals surface area contributed by atoms with E-state index in [2.05, 4.69) is 32.0 Å². The fraction of sp³-hybridized carbons (Fsp3) is 0.647. The van der Waals surface area contributed by atoms with Crippen LogP contribution in [-0.4, -0.2) is 31.1 Å². The number of aliphatic hydroxyl groups is 1. The average molecular weight is 310 g/mol. The first kappa shape index (κ1) is 16.5. The molecular weight excluding hydrogens is 284 g/mol. The summed E-state index contributed by atoms with van der Waals surface area (Å²) in [6.45, 7) is 4.15. The Hall–Kier alpha value is -0.870. The highest BCUT2D eigenvalue weighted by Crippen LogP contribution is 2.31. The van der Waals surface area contributed by atoms with Gasteiger partial charge in [-0.3, -0.25) is 0 Å². The van der Waals surface area contributed by atoms with E-state index in [4.69, 9.17) is 0 Å². The zero-order chi connectivity index (χ0) is 15.6. The molecule has 0 bridgehead atoms. The molecule has 3 unspecified atom stereocenters. The molecule has 4 heteroatoms. The van der Waals surface area contributed by atoms with Crippen molar-refractivity contribution in [3.8, 4) is 0 Å². The van der Waals surface area contributed by atoms with Crippen molar-refractivity contribution in [1.82, 2.24) is 0 Å². The molecule has 21 heavy (non-hydrogen) atoms. The molecule has 3 nitrogen and oxygen atoms in total. The van der Waals surface area contributed by atoms with E-state index in [0.717, 1.165) is 24.8 Å². The van der Waals surface area contributed by atoms with Gasteiger partial charge in [-0.15, -0.1) is 0 Å². The monoisotopic (exact) mass is 310 g/mol. The van der Waals surface area contributed by atoms with E-state index < -0.39 is 15.9 Å². The molecule has 2 rings (SSSR count). The number of aryl methyl sites for hydroxylation is 2. The number of aliphatic hydroxyl groups excluding tert-OH is 1. The average Bonchev–Trinajstić information content (AvgIpc) is 2.42. The van der Waals surface area contributed by atoms with Crippen molar-refractivity contribution < 1.29 is 13.5 Å². The predicted molar refractivity (Wildman–Crippen MR) is 86.2 cm³/mol. The van der Waals surface area contributed by atoms with Crippen LogP contribution in [0, 0.1) is 19.8 Å². The Morgan fingerprint density at radius 2 is 1.95 bits per heavy atom. The molecule has 1 N–H and O–H groups in total. The number of sulfone groups is 1. The maximum absolute atomic E-state index is 11.7. The molecule has 0 radical (unpaired) electrons. The topological polar surface area (TPSA) is 54.4 Å². The van der Waals surface area contributed by atoms with E-state index in [1.54, 1.807) is 0 Å². The minimum atomic E-state index is -2.99. The minimum Gasteiger partial charge on any atom is -0.392 e. The van der Waals surface area contributed by atoms with Gasteiger partial charge in [0.25, 0.3) is 0 Å². The van der Waals surface area contributed by atoms with E-state index in [9.17, 15) is 13.5 Å². The Balaban J connectivity index is 2.02. The third-order valence-electron chi connectivity index (χ3n) is 4.83. The van der Waals surface area contributed by atoms with Crippen molar-refractivity contribution in [2.45, 2.75) is 57.3 Å². The second-order valence-corrected chi connectivity index (χ2v) is 8.89. The first-order valence-electron chi connectivity index (χ1n) is 7.70. The van der Waals surface area contributed by atoms with Crippen LogP contribution in [0.1, 0.15) is 42.4 Å². The van der Waals surface area contributed by atoms with Crippen LogP contribution in [-0.2, 0) is 16.3 Å². The lowest BCUT2D eigenvalue weighted by Gasteiger charge is -2.31. The molecule has 0 amide bonds. The number of hydrogen-bond donors (Lipinski definition) is 1. The van der Waals surface area contributed by atoms with Gasteiger partial charge in [0.1, 0.15) is 9.84 Å². The predicted octanol–water partition coefficient (Wildman–Crippen LogP) is 2.81. The summed E-state index contributed by atoms with van der Waals surface area (Å²) in [5.74, 6) is 0.0973. The smallest absolute Gasteiger partial charge is 0.150 e. The maximum Gasteiger partial charge on any atom is 0.150 e. The second kappa shape index (κ2) is 6.49. The lowest BCUT2D eigenvalue weighted by Crippen LogP contribution is -2.34. The molecule has 1 aliphatic rings. The van der Waals surface area contributed by atoms with Crippen LogP contribution in [0.2, 0.25) is 0 Å². The highest BCUT2D eigenvalue weighted by molar-refractivity contribution is 7.91. The lowest BCUT2D eigenvalue weighted by atomic mass is 9.82. The molecule has 0 spiro atoms. The highest BCUT2D eigenvalue weighted by atomic mass is 32.2.